The van der Waals surface area contributed by atoms with Gasteiger partial charge in [0.05, 0.1) is 12.5 Å². The van der Waals surface area contributed by atoms with E-state index in [4.69, 9.17) is 4.52 Å². The molecule has 142 valence electrons. The lowest BCUT2D eigenvalue weighted by Gasteiger charge is -2.22. The van der Waals surface area contributed by atoms with Crippen LogP contribution in [0, 0.1) is 0 Å². The summed E-state index contributed by atoms with van der Waals surface area (Å²) in [4.78, 5) is 20.5. The van der Waals surface area contributed by atoms with Gasteiger partial charge >= 0.3 is 0 Å². The average Bonchev–Trinajstić information content (AvgIpc) is 3.32. The minimum absolute atomic E-state index is 0. The summed E-state index contributed by atoms with van der Waals surface area (Å²) in [5.74, 6) is 0.673. The van der Waals surface area contributed by atoms with Gasteiger partial charge in [-0.1, -0.05) is 23.4 Å². The SMILES string of the molecule is Cl.O=C(Cc1noc(-c2ncn(C3CCCNC3)n2)n1)Nc1ccccc1. The minimum atomic E-state index is -0.213. The summed E-state index contributed by atoms with van der Waals surface area (Å²) < 4.78 is 7.03. The molecular formula is C17H20ClN7O2. The molecule has 1 unspecified atom stereocenters. The predicted molar refractivity (Wildman–Crippen MR) is 100 cm³/mol. The maximum absolute atomic E-state index is 12.1. The van der Waals surface area contributed by atoms with Crippen molar-refractivity contribution in [1.29, 1.82) is 0 Å². The molecule has 0 spiro atoms. The second-order valence-corrected chi connectivity index (χ2v) is 6.16. The van der Waals surface area contributed by atoms with Crippen LogP contribution in [0.5, 0.6) is 0 Å². The van der Waals surface area contributed by atoms with Crippen LogP contribution >= 0.6 is 12.4 Å². The fraction of sp³-hybridized carbons (Fsp3) is 0.353. The van der Waals surface area contributed by atoms with Gasteiger partial charge in [0.1, 0.15) is 6.33 Å². The zero-order valence-electron chi connectivity index (χ0n) is 14.5. The quantitative estimate of drug-likeness (QED) is 0.685. The number of hydrogen-bond acceptors (Lipinski definition) is 7. The van der Waals surface area contributed by atoms with Crippen molar-refractivity contribution in [2.75, 3.05) is 18.4 Å². The van der Waals surface area contributed by atoms with E-state index in [-0.39, 0.29) is 36.7 Å². The number of carbonyl (C=O) groups is 1. The highest BCUT2D eigenvalue weighted by atomic mass is 35.5. The highest BCUT2D eigenvalue weighted by Crippen LogP contribution is 2.18. The first kappa shape index (κ1) is 19.0. The van der Waals surface area contributed by atoms with Gasteiger partial charge in [-0.25, -0.2) is 9.67 Å². The fourth-order valence-electron chi connectivity index (χ4n) is 2.89. The molecule has 2 aromatic heterocycles. The topological polar surface area (TPSA) is 111 Å². The number of nitrogens with one attached hydrogen (secondary N) is 2. The number of carbonyl (C=O) groups excluding carboxylic acids is 1. The number of nitrogens with zero attached hydrogens (tertiary/aromatic N) is 5. The van der Waals surface area contributed by atoms with E-state index < -0.39 is 0 Å². The summed E-state index contributed by atoms with van der Waals surface area (Å²) in [6.45, 7) is 1.91. The molecule has 1 saturated heterocycles. The van der Waals surface area contributed by atoms with E-state index in [1.54, 1.807) is 6.33 Å². The zero-order valence-corrected chi connectivity index (χ0v) is 15.4. The van der Waals surface area contributed by atoms with Crippen molar-refractivity contribution in [3.8, 4) is 11.7 Å². The highest BCUT2D eigenvalue weighted by molar-refractivity contribution is 5.91. The van der Waals surface area contributed by atoms with Gasteiger partial charge in [-0.05, 0) is 31.5 Å². The molecule has 4 rings (SSSR count). The first-order valence-corrected chi connectivity index (χ1v) is 8.57. The Hall–Kier alpha value is -2.78. The Morgan fingerprint density at radius 2 is 2.19 bits per heavy atom. The summed E-state index contributed by atoms with van der Waals surface area (Å²) in [6.07, 6.45) is 3.87. The molecule has 1 aromatic carbocycles. The number of hydrogen-bond donors (Lipinski definition) is 2. The summed E-state index contributed by atoms with van der Waals surface area (Å²) in [7, 11) is 0. The molecule has 0 saturated carbocycles. The molecule has 0 aliphatic carbocycles. The third kappa shape index (κ3) is 4.69. The van der Waals surface area contributed by atoms with Crippen molar-refractivity contribution < 1.29 is 9.32 Å². The number of anilines is 1. The van der Waals surface area contributed by atoms with E-state index in [1.165, 1.54) is 0 Å². The zero-order chi connectivity index (χ0) is 17.8. The average molecular weight is 390 g/mol. The second kappa shape index (κ2) is 8.74. The summed E-state index contributed by atoms with van der Waals surface area (Å²) in [6, 6.07) is 9.50. The van der Waals surface area contributed by atoms with E-state index in [1.807, 2.05) is 35.0 Å². The molecule has 1 aliphatic rings. The van der Waals surface area contributed by atoms with Gasteiger partial charge in [0, 0.05) is 12.2 Å². The lowest BCUT2D eigenvalue weighted by atomic mass is 10.1. The van der Waals surface area contributed by atoms with Crippen LogP contribution in [0.3, 0.4) is 0 Å². The molecular weight excluding hydrogens is 370 g/mol. The summed E-state index contributed by atoms with van der Waals surface area (Å²) >= 11 is 0. The van der Waals surface area contributed by atoms with Gasteiger partial charge in [-0.3, -0.25) is 4.79 Å². The summed E-state index contributed by atoms with van der Waals surface area (Å²) in [5.41, 5.74) is 0.725. The van der Waals surface area contributed by atoms with Crippen molar-refractivity contribution in [2.24, 2.45) is 0 Å². The van der Waals surface area contributed by atoms with Gasteiger partial charge in [-0.2, -0.15) is 4.98 Å². The van der Waals surface area contributed by atoms with E-state index in [2.05, 4.69) is 30.9 Å². The molecule has 3 aromatic rings. The van der Waals surface area contributed by atoms with Crippen LogP contribution in [0.25, 0.3) is 11.7 Å². The third-order valence-corrected chi connectivity index (χ3v) is 4.19. The second-order valence-electron chi connectivity index (χ2n) is 6.16. The van der Waals surface area contributed by atoms with Crippen molar-refractivity contribution in [3.63, 3.8) is 0 Å². The first-order valence-electron chi connectivity index (χ1n) is 8.57. The predicted octanol–water partition coefficient (Wildman–Crippen LogP) is 1.86. The van der Waals surface area contributed by atoms with Crippen LogP contribution in [0.2, 0.25) is 0 Å². The van der Waals surface area contributed by atoms with Crippen molar-refractivity contribution in [1.82, 2.24) is 30.2 Å². The van der Waals surface area contributed by atoms with E-state index in [0.29, 0.717) is 11.6 Å². The molecule has 10 heteroatoms. The Balaban J connectivity index is 0.00000210. The van der Waals surface area contributed by atoms with Crippen LogP contribution in [0.15, 0.2) is 41.2 Å². The molecule has 1 fully saturated rings. The number of para-hydroxylation sites is 1. The Labute approximate surface area is 162 Å². The molecule has 9 nitrogen and oxygen atoms in total. The van der Waals surface area contributed by atoms with Crippen LogP contribution < -0.4 is 10.6 Å². The highest BCUT2D eigenvalue weighted by Gasteiger charge is 2.20. The first-order chi connectivity index (χ1) is 12.8. The molecule has 0 radical (unpaired) electrons. The number of rotatable bonds is 5. The lowest BCUT2D eigenvalue weighted by Crippen LogP contribution is -2.31. The normalized spacial score (nSPS) is 16.5. The van der Waals surface area contributed by atoms with Gasteiger partial charge < -0.3 is 15.2 Å². The third-order valence-electron chi connectivity index (χ3n) is 4.19. The van der Waals surface area contributed by atoms with E-state index >= 15 is 0 Å². The molecule has 1 aliphatic heterocycles. The molecule has 1 amide bonds. The molecule has 27 heavy (non-hydrogen) atoms. The molecule has 2 N–H and O–H groups in total. The standard InChI is InChI=1S/C17H19N7O2.ClH/c25-15(20-12-5-2-1-3-6-12)9-14-21-17(26-23-14)16-19-11-24(22-16)13-7-4-8-18-10-13;/h1-3,5-6,11,13,18H,4,7-10H2,(H,20,25);1H. The van der Waals surface area contributed by atoms with Gasteiger partial charge in [0.25, 0.3) is 5.89 Å². The van der Waals surface area contributed by atoms with Crippen LogP contribution in [-0.2, 0) is 11.2 Å². The smallest absolute Gasteiger partial charge is 0.297 e. The van der Waals surface area contributed by atoms with Crippen LogP contribution in [-0.4, -0.2) is 43.9 Å². The van der Waals surface area contributed by atoms with Gasteiger partial charge in [-0.15, -0.1) is 17.5 Å². The van der Waals surface area contributed by atoms with Crippen molar-refractivity contribution in [3.05, 3.63) is 42.5 Å². The number of aromatic nitrogens is 5. The number of amides is 1. The fourth-order valence-corrected chi connectivity index (χ4v) is 2.89. The van der Waals surface area contributed by atoms with Gasteiger partial charge in [0.2, 0.25) is 11.7 Å². The van der Waals surface area contributed by atoms with Gasteiger partial charge in [0.15, 0.2) is 5.82 Å². The lowest BCUT2D eigenvalue weighted by molar-refractivity contribution is -0.115. The Kier molecular flexibility index (Phi) is 6.15. The van der Waals surface area contributed by atoms with Crippen LogP contribution in [0.1, 0.15) is 24.7 Å². The molecule has 3 heterocycles. The molecule has 0 bridgehead atoms. The number of benzene rings is 1. The van der Waals surface area contributed by atoms with Crippen LogP contribution in [0.4, 0.5) is 5.69 Å². The maximum atomic E-state index is 12.1. The van der Waals surface area contributed by atoms with Crippen molar-refractivity contribution in [2.45, 2.75) is 25.3 Å². The largest absolute Gasteiger partial charge is 0.330 e. The molecule has 1 atom stereocenters. The number of piperidine rings is 1. The Morgan fingerprint density at radius 3 is 2.96 bits per heavy atom. The van der Waals surface area contributed by atoms with E-state index in [0.717, 1.165) is 31.6 Å². The summed E-state index contributed by atoms with van der Waals surface area (Å²) in [5, 5.41) is 14.4. The Bertz CT molecular complexity index is 874. The number of halogens is 1. The maximum Gasteiger partial charge on any atom is 0.297 e. The monoisotopic (exact) mass is 389 g/mol. The minimum Gasteiger partial charge on any atom is -0.330 e. The Morgan fingerprint density at radius 1 is 1.33 bits per heavy atom. The van der Waals surface area contributed by atoms with Crippen molar-refractivity contribution >= 4 is 24.0 Å². The van der Waals surface area contributed by atoms with E-state index in [9.17, 15) is 4.79 Å².